The Labute approximate surface area is 434 Å². The number of carbonyl (C=O) groups is 4. The normalized spacial score (nSPS) is 7.78. The van der Waals surface area contributed by atoms with E-state index in [1.165, 1.54) is 30.9 Å². The molecule has 3 aromatic rings. The third-order valence-corrected chi connectivity index (χ3v) is 3.07. The van der Waals surface area contributed by atoms with E-state index in [1.807, 2.05) is 0 Å². The Morgan fingerprint density at radius 3 is 1.54 bits per heavy atom. The van der Waals surface area contributed by atoms with E-state index in [9.17, 15) is 23.9 Å². The van der Waals surface area contributed by atoms with Gasteiger partial charge in [0.1, 0.15) is 0 Å². The molecule has 0 saturated heterocycles. The quantitative estimate of drug-likeness (QED) is 0.0839. The van der Waals surface area contributed by atoms with Gasteiger partial charge in [0.15, 0.2) is 6.07 Å². The molecule has 3 aromatic heterocycles. The Kier molecular flexibility index (Phi) is 57.5. The zero-order chi connectivity index (χ0) is 30.3. The summed E-state index contributed by atoms with van der Waals surface area (Å²) >= 11 is 13.0. The Bertz CT molecular complexity index is 990. The van der Waals surface area contributed by atoms with Crippen LogP contribution in [-0.2, 0) is 14.4 Å². The SMILES string of the molecule is ClCBr.NC(=O)c1cccnc1.O=C(OCCl)c1cccnc1.O=C([O-])c1cccnc1.O=CO[O-].[2H]CF.[Cs+].[Cs+].[Cs+].[H-]. The van der Waals surface area contributed by atoms with Gasteiger partial charge in [-0.15, -0.1) is 11.6 Å². The first-order chi connectivity index (χ1) is 18.7. The number of carboxylic acid groups (broad SMARTS) is 1. The summed E-state index contributed by atoms with van der Waals surface area (Å²) in [5.74, 6) is -2.08. The molecule has 0 atom stereocenters. The summed E-state index contributed by atoms with van der Waals surface area (Å²) in [6, 6.07) is 9.41. The second-order valence-electron chi connectivity index (χ2n) is 5.21. The number of rotatable bonds is 5. The van der Waals surface area contributed by atoms with Crippen LogP contribution in [0, 0.1) is 0 Å². The monoisotopic (exact) mass is 1040 g/mol. The van der Waals surface area contributed by atoms with Crippen molar-refractivity contribution in [3.63, 3.8) is 0 Å². The van der Waals surface area contributed by atoms with Crippen LogP contribution in [0.2, 0.25) is 0 Å². The first-order valence-electron chi connectivity index (χ1n) is 10.0. The Morgan fingerprint density at radius 1 is 1.00 bits per heavy atom. The van der Waals surface area contributed by atoms with Gasteiger partial charge in [0.25, 0.3) is 6.47 Å². The zero-order valence-corrected chi connectivity index (χ0v) is 44.3. The number of hydrogen-bond acceptors (Lipinski definition) is 11. The van der Waals surface area contributed by atoms with Gasteiger partial charge in [-0.05, 0) is 30.3 Å². The number of aromatic carboxylic acids is 1. The molecular formula is C22H23BrCl2Cs3FN4O8. The van der Waals surface area contributed by atoms with Gasteiger partial charge in [-0.3, -0.25) is 28.9 Å². The fraction of sp³-hybridized carbons (Fsp3) is 0.136. The van der Waals surface area contributed by atoms with Crippen LogP contribution in [0.5, 0.6) is 0 Å². The van der Waals surface area contributed by atoms with E-state index in [1.54, 1.807) is 42.7 Å². The molecule has 2 N–H and O–H groups in total. The van der Waals surface area contributed by atoms with Crippen molar-refractivity contribution in [1.82, 2.24) is 15.0 Å². The Morgan fingerprint density at radius 2 is 1.34 bits per heavy atom. The number of nitrogens with zero attached hydrogens (tertiary/aromatic N) is 3. The van der Waals surface area contributed by atoms with Crippen LogP contribution in [0.4, 0.5) is 4.39 Å². The van der Waals surface area contributed by atoms with Crippen molar-refractivity contribution in [2.24, 2.45) is 5.73 Å². The van der Waals surface area contributed by atoms with Crippen LogP contribution in [-0.4, -0.2) is 57.3 Å². The van der Waals surface area contributed by atoms with Crippen LogP contribution in [0.15, 0.2) is 73.6 Å². The van der Waals surface area contributed by atoms with E-state index in [4.69, 9.17) is 40.4 Å². The van der Waals surface area contributed by atoms with Gasteiger partial charge in [-0.1, -0.05) is 33.6 Å². The summed E-state index contributed by atoms with van der Waals surface area (Å²) in [5.41, 5.74) is 5.90. The molecule has 0 radical (unpaired) electrons. The molecule has 0 bridgehead atoms. The smallest absolute Gasteiger partial charge is 1.00 e. The van der Waals surface area contributed by atoms with E-state index in [-0.39, 0.29) is 226 Å². The van der Waals surface area contributed by atoms with Crippen LogP contribution in [0.1, 0.15) is 33.9 Å². The molecule has 210 valence electrons. The average molecular weight is 1040 g/mol. The summed E-state index contributed by atoms with van der Waals surface area (Å²) < 4.78 is 20.0. The summed E-state index contributed by atoms with van der Waals surface area (Å²) in [6.45, 7) is -0.181. The number of pyridine rings is 3. The van der Waals surface area contributed by atoms with Gasteiger partial charge in [0.2, 0.25) is 5.91 Å². The van der Waals surface area contributed by atoms with Crippen LogP contribution in [0.3, 0.4) is 0 Å². The van der Waals surface area contributed by atoms with E-state index in [0.717, 1.165) is 0 Å². The molecule has 0 unspecified atom stereocenters. The number of alkyl halides is 4. The molecule has 3 heterocycles. The number of aromatic nitrogens is 3. The van der Waals surface area contributed by atoms with Crippen LogP contribution in [0.25, 0.3) is 0 Å². The largest absolute Gasteiger partial charge is 1.00 e. The number of primary amides is 1. The van der Waals surface area contributed by atoms with Crippen molar-refractivity contribution in [2.45, 2.75) is 0 Å². The van der Waals surface area contributed by atoms with Crippen molar-refractivity contribution in [2.75, 3.05) is 18.0 Å². The molecule has 3 rings (SSSR count). The topological polar surface area (TPSA) is 198 Å². The summed E-state index contributed by atoms with van der Waals surface area (Å²) in [4.78, 5) is 54.1. The predicted octanol–water partition coefficient (Wildman–Crippen LogP) is -7.22. The maximum atomic E-state index is 10.9. The standard InChI is InChI=1S/C7H6ClNO2.C6H6N2O.C6H5NO2.CH2BrCl.CH3F.CH2O3.3Cs.H/c8-5-11-7(10)6-2-1-3-9-4-6;7-6(9)5-2-1-3-8-4-5;8-6(9)5-2-1-3-7-4-5;2-1-3;1-2;2-1-4-3;;;;/h1-4H,5H2;1-4H,(H2,7,9);1-4H,(H,8,9);1H2;1H3;1,3H;;;;/q;;;;;;3*+1;-1/p-2/i;;;;1D;;;;;. The zero-order valence-electron chi connectivity index (χ0n) is 24.3. The summed E-state index contributed by atoms with van der Waals surface area (Å²) in [6.07, 6.45) is 8.78. The number of carboxylic acids is 1. The molecule has 0 spiro atoms. The second-order valence-corrected chi connectivity index (χ2v) is 6.90. The minimum Gasteiger partial charge on any atom is -1.00 e. The van der Waals surface area contributed by atoms with E-state index in [2.05, 4.69) is 40.5 Å². The molecule has 0 fully saturated rings. The molecule has 0 aliphatic heterocycles. The van der Waals surface area contributed by atoms with Crippen molar-refractivity contribution in [3.8, 4) is 0 Å². The van der Waals surface area contributed by atoms with Crippen LogP contribution >= 0.6 is 39.1 Å². The van der Waals surface area contributed by atoms with Crippen molar-refractivity contribution in [1.29, 1.82) is 0 Å². The fourth-order valence-electron chi connectivity index (χ4n) is 1.61. The maximum absolute atomic E-state index is 10.9. The summed E-state index contributed by atoms with van der Waals surface area (Å²) in [7, 11) is -1.00. The van der Waals surface area contributed by atoms with E-state index >= 15 is 0 Å². The molecule has 12 nitrogen and oxygen atoms in total. The molecule has 19 heteroatoms. The molecule has 0 aromatic carbocycles. The number of amides is 1. The number of nitrogens with two attached hydrogens (primary N) is 1. The third kappa shape index (κ3) is 38.5. The Balaban J connectivity index is -0.0000000756. The number of hydrogen-bond donors (Lipinski definition) is 1. The van der Waals surface area contributed by atoms with Gasteiger partial charge >= 0.3 is 213 Å². The molecular weight excluding hydrogens is 1020 g/mol. The first-order valence-corrected chi connectivity index (χ1v) is 11.5. The van der Waals surface area contributed by atoms with Gasteiger partial charge in [-0.25, -0.2) is 4.79 Å². The fourth-order valence-corrected chi connectivity index (χ4v) is 1.71. The van der Waals surface area contributed by atoms with Gasteiger partial charge in [-0.2, -0.15) is 0 Å². The minimum absolute atomic E-state index is 0. The van der Waals surface area contributed by atoms with Gasteiger partial charge in [0.05, 0.1) is 30.4 Å². The molecule has 0 aliphatic carbocycles. The predicted molar refractivity (Wildman–Crippen MR) is 137 cm³/mol. The third-order valence-electron chi connectivity index (χ3n) is 2.97. The van der Waals surface area contributed by atoms with Crippen LogP contribution < -0.4 is 223 Å². The van der Waals surface area contributed by atoms with E-state index < -0.39 is 25.0 Å². The number of carbonyl (C=O) groups excluding carboxylic acids is 4. The molecule has 0 saturated carbocycles. The average Bonchev–Trinajstić information content (AvgIpc) is 2.96. The van der Waals surface area contributed by atoms with Crippen molar-refractivity contribution < 1.29 is 253 Å². The number of halogens is 4. The molecule has 0 aliphatic rings. The minimum atomic E-state index is -1.19. The molecule has 1 amide bonds. The van der Waals surface area contributed by atoms with Crippen molar-refractivity contribution >= 4 is 63.4 Å². The van der Waals surface area contributed by atoms with Crippen molar-refractivity contribution in [3.05, 3.63) is 90.3 Å². The van der Waals surface area contributed by atoms with Gasteiger partial charge in [0, 0.05) is 42.7 Å². The Hall–Kier alpha value is 2.44. The molecule has 41 heavy (non-hydrogen) atoms. The summed E-state index contributed by atoms with van der Waals surface area (Å²) in [5, 5.41) is 18.5. The maximum Gasteiger partial charge on any atom is 1.00 e. The van der Waals surface area contributed by atoms with Gasteiger partial charge < -0.3 is 31.9 Å². The first kappa shape index (κ1) is 52.9. The van der Waals surface area contributed by atoms with E-state index in [0.29, 0.717) is 15.9 Å². The number of ether oxygens (including phenoxy) is 1. The second kappa shape index (κ2) is 44.6. The number of esters is 1.